The van der Waals surface area contributed by atoms with Crippen molar-refractivity contribution in [1.29, 1.82) is 0 Å². The van der Waals surface area contributed by atoms with Crippen LogP contribution in [-0.2, 0) is 20.8 Å². The molecule has 2 aromatic rings. The van der Waals surface area contributed by atoms with Crippen LogP contribution in [0, 0.1) is 0 Å². The van der Waals surface area contributed by atoms with Crippen LogP contribution in [0.3, 0.4) is 0 Å². The van der Waals surface area contributed by atoms with Gasteiger partial charge in [-0.3, -0.25) is 19.8 Å². The Balaban J connectivity index is 1.59. The molecule has 0 aromatic heterocycles. The summed E-state index contributed by atoms with van der Waals surface area (Å²) in [7, 11) is 0. The minimum absolute atomic E-state index is 0.0208. The normalized spacial score (nSPS) is 17.0. The van der Waals surface area contributed by atoms with Gasteiger partial charge in [0.05, 0.1) is 18.5 Å². The summed E-state index contributed by atoms with van der Waals surface area (Å²) in [4.78, 5) is 37.6. The number of hydrogen-bond acceptors (Lipinski definition) is 4. The molecule has 128 valence electrons. The molecule has 1 saturated heterocycles. The van der Waals surface area contributed by atoms with E-state index >= 15 is 0 Å². The summed E-state index contributed by atoms with van der Waals surface area (Å²) in [6.45, 7) is 0. The van der Waals surface area contributed by atoms with Crippen molar-refractivity contribution in [2.24, 2.45) is 0 Å². The Morgan fingerprint density at radius 3 is 2.44 bits per heavy atom. The number of imide groups is 1. The van der Waals surface area contributed by atoms with Crippen LogP contribution >= 0.6 is 11.6 Å². The summed E-state index contributed by atoms with van der Waals surface area (Å²) in [5.41, 5.74) is 6.47. The minimum Gasteiger partial charge on any atom is -0.291 e. The molecule has 1 fully saturated rings. The van der Waals surface area contributed by atoms with E-state index < -0.39 is 11.9 Å². The van der Waals surface area contributed by atoms with Gasteiger partial charge in [-0.25, -0.2) is 10.3 Å². The van der Waals surface area contributed by atoms with Crippen molar-refractivity contribution in [2.45, 2.75) is 18.9 Å². The smallest absolute Gasteiger partial charge is 0.253 e. The first-order valence-corrected chi connectivity index (χ1v) is 8.13. The van der Waals surface area contributed by atoms with E-state index in [1.54, 1.807) is 24.3 Å². The van der Waals surface area contributed by atoms with E-state index in [-0.39, 0.29) is 24.7 Å². The van der Waals surface area contributed by atoms with Gasteiger partial charge in [0.2, 0.25) is 11.8 Å². The Morgan fingerprint density at radius 1 is 1.08 bits per heavy atom. The zero-order valence-electron chi connectivity index (χ0n) is 13.2. The molecular formula is C18H16ClN3O3. The fourth-order valence-corrected chi connectivity index (χ4v) is 2.73. The van der Waals surface area contributed by atoms with Gasteiger partial charge in [-0.2, -0.15) is 0 Å². The topological polar surface area (TPSA) is 78.5 Å². The van der Waals surface area contributed by atoms with E-state index in [1.807, 2.05) is 30.3 Å². The van der Waals surface area contributed by atoms with Crippen LogP contribution in [-0.4, -0.2) is 23.8 Å². The lowest BCUT2D eigenvalue weighted by Gasteiger charge is -2.16. The first-order valence-electron chi connectivity index (χ1n) is 7.75. The summed E-state index contributed by atoms with van der Waals surface area (Å²) in [6.07, 6.45) is 0.163. The Labute approximate surface area is 149 Å². The highest BCUT2D eigenvalue weighted by atomic mass is 35.5. The number of nitrogens with zero attached hydrogens (tertiary/aromatic N) is 1. The average Bonchev–Trinajstić information content (AvgIpc) is 2.89. The van der Waals surface area contributed by atoms with Crippen molar-refractivity contribution < 1.29 is 14.4 Å². The number of anilines is 1. The van der Waals surface area contributed by atoms with E-state index in [0.29, 0.717) is 10.7 Å². The zero-order chi connectivity index (χ0) is 17.8. The molecule has 7 heteroatoms. The van der Waals surface area contributed by atoms with Gasteiger partial charge in [0.15, 0.2) is 0 Å². The molecule has 1 aliphatic rings. The summed E-state index contributed by atoms with van der Waals surface area (Å²) in [5, 5.41) is 0.519. The maximum Gasteiger partial charge on any atom is 0.253 e. The van der Waals surface area contributed by atoms with Gasteiger partial charge >= 0.3 is 0 Å². The molecule has 2 aromatic carbocycles. The Morgan fingerprint density at radius 2 is 1.76 bits per heavy atom. The van der Waals surface area contributed by atoms with Crippen LogP contribution in [0.4, 0.5) is 5.69 Å². The van der Waals surface area contributed by atoms with E-state index in [0.717, 1.165) is 10.5 Å². The second-order valence-electron chi connectivity index (χ2n) is 5.66. The van der Waals surface area contributed by atoms with Gasteiger partial charge in [-0.1, -0.05) is 41.9 Å². The number of halogens is 1. The van der Waals surface area contributed by atoms with Crippen LogP contribution in [0.1, 0.15) is 12.0 Å². The first-order chi connectivity index (χ1) is 12.0. The van der Waals surface area contributed by atoms with Gasteiger partial charge in [0.1, 0.15) is 6.04 Å². The Hall–Kier alpha value is -2.70. The predicted octanol–water partition coefficient (Wildman–Crippen LogP) is 1.84. The summed E-state index contributed by atoms with van der Waals surface area (Å²) < 4.78 is 0. The van der Waals surface area contributed by atoms with Gasteiger partial charge in [-0.05, 0) is 29.8 Å². The lowest BCUT2D eigenvalue weighted by Crippen LogP contribution is -2.48. The van der Waals surface area contributed by atoms with Crippen LogP contribution in [0.5, 0.6) is 0 Å². The third-order valence-electron chi connectivity index (χ3n) is 3.82. The molecule has 2 N–H and O–H groups in total. The van der Waals surface area contributed by atoms with Crippen LogP contribution in [0.15, 0.2) is 54.6 Å². The van der Waals surface area contributed by atoms with Gasteiger partial charge in [0, 0.05) is 5.02 Å². The van der Waals surface area contributed by atoms with Crippen molar-refractivity contribution >= 4 is 35.0 Å². The number of rotatable bonds is 5. The standard InChI is InChI=1S/C18H16ClN3O3/c19-13-6-8-14(9-7-13)22-17(24)11-15(18(22)25)20-21-16(23)10-12-4-2-1-3-5-12/h1-9,15,20H,10-11H2,(H,21,23). The lowest BCUT2D eigenvalue weighted by atomic mass is 10.1. The first kappa shape index (κ1) is 17.1. The number of nitrogens with one attached hydrogen (secondary N) is 2. The summed E-state index contributed by atoms with van der Waals surface area (Å²) in [5.74, 6) is -1.02. The van der Waals surface area contributed by atoms with Crippen LogP contribution < -0.4 is 15.8 Å². The largest absolute Gasteiger partial charge is 0.291 e. The van der Waals surface area contributed by atoms with Crippen LogP contribution in [0.25, 0.3) is 0 Å². The van der Waals surface area contributed by atoms with E-state index in [1.165, 1.54) is 0 Å². The molecule has 1 atom stereocenters. The molecule has 3 amide bonds. The number of amides is 3. The molecule has 0 spiro atoms. The van der Waals surface area contributed by atoms with E-state index in [2.05, 4.69) is 10.9 Å². The highest BCUT2D eigenvalue weighted by Gasteiger charge is 2.39. The number of hydrogen-bond donors (Lipinski definition) is 2. The van der Waals surface area contributed by atoms with Crippen molar-refractivity contribution in [3.63, 3.8) is 0 Å². The number of carbonyl (C=O) groups is 3. The molecular weight excluding hydrogens is 342 g/mol. The third kappa shape index (κ3) is 4.04. The van der Waals surface area contributed by atoms with E-state index in [9.17, 15) is 14.4 Å². The van der Waals surface area contributed by atoms with Crippen molar-refractivity contribution in [3.05, 3.63) is 65.2 Å². The Bertz CT molecular complexity index is 793. The maximum absolute atomic E-state index is 12.4. The SMILES string of the molecule is O=C(Cc1ccccc1)NNC1CC(=O)N(c2ccc(Cl)cc2)C1=O. The third-order valence-corrected chi connectivity index (χ3v) is 4.08. The highest BCUT2D eigenvalue weighted by Crippen LogP contribution is 2.24. The molecule has 1 aliphatic heterocycles. The predicted molar refractivity (Wildman–Crippen MR) is 93.8 cm³/mol. The fraction of sp³-hybridized carbons (Fsp3) is 0.167. The monoisotopic (exact) mass is 357 g/mol. The number of carbonyl (C=O) groups excluding carboxylic acids is 3. The molecule has 0 radical (unpaired) electrons. The van der Waals surface area contributed by atoms with Crippen molar-refractivity contribution in [2.75, 3.05) is 4.90 Å². The lowest BCUT2D eigenvalue weighted by molar-refractivity contribution is -0.122. The van der Waals surface area contributed by atoms with Crippen LogP contribution in [0.2, 0.25) is 5.02 Å². The highest BCUT2D eigenvalue weighted by molar-refractivity contribution is 6.30. The Kier molecular flexibility index (Phi) is 5.11. The summed E-state index contributed by atoms with van der Waals surface area (Å²) >= 11 is 5.82. The molecule has 0 aliphatic carbocycles. The average molecular weight is 358 g/mol. The second-order valence-corrected chi connectivity index (χ2v) is 6.09. The fourth-order valence-electron chi connectivity index (χ4n) is 2.60. The van der Waals surface area contributed by atoms with Gasteiger partial charge in [-0.15, -0.1) is 0 Å². The molecule has 25 heavy (non-hydrogen) atoms. The minimum atomic E-state index is -0.789. The molecule has 1 heterocycles. The number of hydrazine groups is 1. The second kappa shape index (κ2) is 7.46. The van der Waals surface area contributed by atoms with Crippen molar-refractivity contribution in [3.8, 4) is 0 Å². The van der Waals surface area contributed by atoms with Gasteiger partial charge < -0.3 is 0 Å². The molecule has 3 rings (SSSR count). The number of benzene rings is 2. The molecule has 0 bridgehead atoms. The molecule has 0 saturated carbocycles. The maximum atomic E-state index is 12.4. The quantitative estimate of drug-likeness (QED) is 0.632. The molecule has 6 nitrogen and oxygen atoms in total. The summed E-state index contributed by atoms with van der Waals surface area (Å²) in [6, 6.07) is 14.9. The van der Waals surface area contributed by atoms with E-state index in [4.69, 9.17) is 11.6 Å². The van der Waals surface area contributed by atoms with Crippen molar-refractivity contribution in [1.82, 2.24) is 10.9 Å². The zero-order valence-corrected chi connectivity index (χ0v) is 14.0. The molecule has 1 unspecified atom stereocenters. The van der Waals surface area contributed by atoms with Gasteiger partial charge in [0.25, 0.3) is 5.91 Å².